The van der Waals surface area contributed by atoms with Gasteiger partial charge in [0, 0.05) is 10.9 Å². The summed E-state index contributed by atoms with van der Waals surface area (Å²) in [5, 5.41) is 22.7. The van der Waals surface area contributed by atoms with Gasteiger partial charge < -0.3 is 10.4 Å². The molecule has 0 bridgehead atoms. The number of aromatic nitrogens is 4. The van der Waals surface area contributed by atoms with Gasteiger partial charge in [-0.2, -0.15) is 4.68 Å². The summed E-state index contributed by atoms with van der Waals surface area (Å²) in [6.07, 6.45) is -0.296. The number of tetrazole rings is 1. The molecule has 1 amide bonds. The summed E-state index contributed by atoms with van der Waals surface area (Å²) in [7, 11) is 0. The van der Waals surface area contributed by atoms with Gasteiger partial charge >= 0.3 is 5.97 Å². The molecule has 2 aromatic rings. The molecule has 1 atom stereocenters. The average Bonchev–Trinajstić information content (AvgIpc) is 2.95. The second-order valence-corrected chi connectivity index (χ2v) is 5.52. The largest absolute Gasteiger partial charge is 0.481 e. The van der Waals surface area contributed by atoms with Crippen molar-refractivity contribution in [2.24, 2.45) is 0 Å². The molecule has 2 rings (SSSR count). The molecule has 0 spiro atoms. The van der Waals surface area contributed by atoms with Crippen LogP contribution in [0.2, 0.25) is 0 Å². The molecular formula is C13H14BrN5O3. The van der Waals surface area contributed by atoms with Crippen molar-refractivity contribution in [3.8, 4) is 5.69 Å². The number of carboxylic acid groups (broad SMARTS) is 1. The van der Waals surface area contributed by atoms with Gasteiger partial charge in [-0.15, -0.1) is 5.10 Å². The predicted octanol–water partition coefficient (Wildman–Crippen LogP) is 1.47. The molecule has 1 aromatic heterocycles. The maximum atomic E-state index is 11.7. The van der Waals surface area contributed by atoms with Crippen molar-refractivity contribution < 1.29 is 14.7 Å². The van der Waals surface area contributed by atoms with E-state index >= 15 is 0 Å². The summed E-state index contributed by atoms with van der Waals surface area (Å²) >= 11 is 3.35. The lowest BCUT2D eigenvalue weighted by Crippen LogP contribution is -2.29. The van der Waals surface area contributed by atoms with E-state index in [0.717, 1.165) is 10.2 Å². The number of carbonyl (C=O) groups is 2. The second kappa shape index (κ2) is 7.12. The Labute approximate surface area is 134 Å². The Morgan fingerprint density at radius 1 is 1.32 bits per heavy atom. The molecule has 0 aliphatic rings. The molecule has 9 heteroatoms. The van der Waals surface area contributed by atoms with E-state index in [9.17, 15) is 9.59 Å². The number of halogens is 1. The fraction of sp³-hybridized carbons (Fsp3) is 0.308. The van der Waals surface area contributed by atoms with Crippen LogP contribution in [0.5, 0.6) is 0 Å². The minimum absolute atomic E-state index is 0.0838. The van der Waals surface area contributed by atoms with Crippen LogP contribution in [-0.2, 0) is 9.59 Å². The minimum Gasteiger partial charge on any atom is -0.481 e. The number of rotatable bonds is 6. The zero-order valence-electron chi connectivity index (χ0n) is 11.7. The van der Waals surface area contributed by atoms with Gasteiger partial charge in [-0.25, -0.2) is 0 Å². The number of carbonyl (C=O) groups excluding carboxylic acids is 1. The number of hydrogen-bond donors (Lipinski definition) is 2. The number of amides is 1. The lowest BCUT2D eigenvalue weighted by atomic mass is 10.2. The molecule has 0 saturated heterocycles. The fourth-order valence-corrected chi connectivity index (χ4v) is 2.09. The van der Waals surface area contributed by atoms with E-state index in [4.69, 9.17) is 5.11 Å². The first-order valence-electron chi connectivity index (χ1n) is 6.52. The Morgan fingerprint density at radius 2 is 2.00 bits per heavy atom. The van der Waals surface area contributed by atoms with Gasteiger partial charge in [0.25, 0.3) is 0 Å². The van der Waals surface area contributed by atoms with Gasteiger partial charge in [0.05, 0.1) is 18.2 Å². The van der Waals surface area contributed by atoms with Crippen LogP contribution in [0.25, 0.3) is 5.69 Å². The van der Waals surface area contributed by atoms with Crippen molar-refractivity contribution in [2.45, 2.75) is 25.8 Å². The van der Waals surface area contributed by atoms with E-state index < -0.39 is 12.0 Å². The molecule has 0 aliphatic heterocycles. The standard InChI is InChI=1S/C13H14BrN5O3/c1-8(15-11(20)6-7-12(21)22)13-16-17-18-19(13)10-4-2-9(14)3-5-10/h2-5,8H,6-7H2,1H3,(H,15,20)(H,21,22). The van der Waals surface area contributed by atoms with E-state index in [1.54, 1.807) is 6.92 Å². The minimum atomic E-state index is -1.01. The highest BCUT2D eigenvalue weighted by Gasteiger charge is 2.18. The SMILES string of the molecule is CC(NC(=O)CCC(=O)O)c1nnnn1-c1ccc(Br)cc1. The molecule has 1 aromatic carbocycles. The van der Waals surface area contributed by atoms with Crippen molar-refractivity contribution in [1.29, 1.82) is 0 Å². The molecule has 0 radical (unpaired) electrons. The van der Waals surface area contributed by atoms with E-state index in [0.29, 0.717) is 5.82 Å². The third-order valence-corrected chi connectivity index (χ3v) is 3.42. The van der Waals surface area contributed by atoms with Crippen LogP contribution in [0.15, 0.2) is 28.7 Å². The highest BCUT2D eigenvalue weighted by molar-refractivity contribution is 9.10. The Morgan fingerprint density at radius 3 is 2.64 bits per heavy atom. The van der Waals surface area contributed by atoms with Crippen LogP contribution < -0.4 is 5.32 Å². The third kappa shape index (κ3) is 4.10. The number of benzene rings is 1. The first-order chi connectivity index (χ1) is 10.5. The first kappa shape index (κ1) is 16.1. The van der Waals surface area contributed by atoms with E-state index in [1.165, 1.54) is 4.68 Å². The molecular weight excluding hydrogens is 354 g/mol. The van der Waals surface area contributed by atoms with Gasteiger partial charge in [-0.05, 0) is 41.6 Å². The van der Waals surface area contributed by atoms with Crippen LogP contribution in [0.3, 0.4) is 0 Å². The maximum Gasteiger partial charge on any atom is 0.303 e. The zero-order chi connectivity index (χ0) is 16.1. The van der Waals surface area contributed by atoms with Crippen LogP contribution in [0, 0.1) is 0 Å². The summed E-state index contributed by atoms with van der Waals surface area (Å²) in [5.74, 6) is -0.909. The normalized spacial score (nSPS) is 11.9. The van der Waals surface area contributed by atoms with Gasteiger partial charge in [-0.1, -0.05) is 15.9 Å². The molecule has 22 heavy (non-hydrogen) atoms. The highest BCUT2D eigenvalue weighted by atomic mass is 79.9. The Kier molecular flexibility index (Phi) is 5.21. The fourth-order valence-electron chi connectivity index (χ4n) is 1.83. The Hall–Kier alpha value is -2.29. The summed E-state index contributed by atoms with van der Waals surface area (Å²) in [6, 6.07) is 6.94. The number of nitrogens with one attached hydrogen (secondary N) is 1. The predicted molar refractivity (Wildman–Crippen MR) is 80.3 cm³/mol. The molecule has 1 heterocycles. The Bertz CT molecular complexity index is 671. The van der Waals surface area contributed by atoms with Crippen LogP contribution in [-0.4, -0.2) is 37.2 Å². The summed E-state index contributed by atoms with van der Waals surface area (Å²) in [6.45, 7) is 1.74. The Balaban J connectivity index is 2.09. The first-order valence-corrected chi connectivity index (χ1v) is 7.32. The molecule has 0 saturated carbocycles. The van der Waals surface area contributed by atoms with Crippen LogP contribution in [0.1, 0.15) is 31.6 Å². The summed E-state index contributed by atoms with van der Waals surface area (Å²) in [4.78, 5) is 22.2. The lowest BCUT2D eigenvalue weighted by molar-refractivity contribution is -0.138. The van der Waals surface area contributed by atoms with Crippen LogP contribution >= 0.6 is 15.9 Å². The van der Waals surface area contributed by atoms with Gasteiger partial charge in [0.2, 0.25) is 5.91 Å². The van der Waals surface area contributed by atoms with E-state index in [1.807, 2.05) is 24.3 Å². The van der Waals surface area contributed by atoms with Crippen LogP contribution in [0.4, 0.5) is 0 Å². The topological polar surface area (TPSA) is 110 Å². The number of hydrogen-bond acceptors (Lipinski definition) is 5. The number of aliphatic carboxylic acids is 1. The smallest absolute Gasteiger partial charge is 0.303 e. The monoisotopic (exact) mass is 367 g/mol. The quantitative estimate of drug-likeness (QED) is 0.799. The molecule has 0 aliphatic carbocycles. The maximum absolute atomic E-state index is 11.7. The highest BCUT2D eigenvalue weighted by Crippen LogP contribution is 2.17. The zero-order valence-corrected chi connectivity index (χ0v) is 13.3. The molecule has 2 N–H and O–H groups in total. The van der Waals surface area contributed by atoms with Crippen molar-refractivity contribution in [1.82, 2.24) is 25.5 Å². The van der Waals surface area contributed by atoms with Crippen molar-refractivity contribution in [3.63, 3.8) is 0 Å². The van der Waals surface area contributed by atoms with Gasteiger partial charge in [-0.3, -0.25) is 9.59 Å². The molecule has 1 unspecified atom stereocenters. The third-order valence-electron chi connectivity index (χ3n) is 2.90. The second-order valence-electron chi connectivity index (χ2n) is 4.61. The molecule has 8 nitrogen and oxygen atoms in total. The van der Waals surface area contributed by atoms with Gasteiger partial charge in [0.15, 0.2) is 5.82 Å². The van der Waals surface area contributed by atoms with E-state index in [2.05, 4.69) is 36.8 Å². The van der Waals surface area contributed by atoms with Crippen molar-refractivity contribution in [2.75, 3.05) is 0 Å². The van der Waals surface area contributed by atoms with Crippen molar-refractivity contribution in [3.05, 3.63) is 34.6 Å². The summed E-state index contributed by atoms with van der Waals surface area (Å²) < 4.78 is 2.45. The van der Waals surface area contributed by atoms with Crippen molar-refractivity contribution >= 4 is 27.8 Å². The molecule has 0 fully saturated rings. The number of nitrogens with zero attached hydrogens (tertiary/aromatic N) is 4. The summed E-state index contributed by atoms with van der Waals surface area (Å²) in [5.41, 5.74) is 0.759. The average molecular weight is 368 g/mol. The lowest BCUT2D eigenvalue weighted by Gasteiger charge is -2.13. The molecule has 116 valence electrons. The van der Waals surface area contributed by atoms with Gasteiger partial charge in [0.1, 0.15) is 0 Å². The number of carboxylic acids is 1. The van der Waals surface area contributed by atoms with E-state index in [-0.39, 0.29) is 18.7 Å².